The molecule has 2 N–H and O–H groups in total. The number of nitrogens with one attached hydrogen (secondary N) is 1. The van der Waals surface area contributed by atoms with E-state index >= 15 is 0 Å². The number of aromatic hydroxyl groups is 1. The Hall–Kier alpha value is -3.11. The van der Waals surface area contributed by atoms with Crippen molar-refractivity contribution in [2.75, 3.05) is 7.11 Å². The molecule has 0 atom stereocenters. The lowest BCUT2D eigenvalue weighted by molar-refractivity contribution is 0.373. The number of hydrogen-bond donors (Lipinski definition) is 2. The van der Waals surface area contributed by atoms with Gasteiger partial charge in [0.1, 0.15) is 10.9 Å². The van der Waals surface area contributed by atoms with Crippen LogP contribution in [0.1, 0.15) is 34.7 Å². The fourth-order valence-electron chi connectivity index (χ4n) is 3.41. The highest BCUT2D eigenvalue weighted by Gasteiger charge is 2.20. The molecule has 0 saturated carbocycles. The molecule has 0 spiro atoms. The minimum Gasteiger partial charge on any atom is -0.504 e. The Morgan fingerprint density at radius 2 is 2.22 bits per heavy atom. The van der Waals surface area contributed by atoms with Crippen molar-refractivity contribution in [2.24, 2.45) is 0 Å². The van der Waals surface area contributed by atoms with E-state index in [0.29, 0.717) is 21.5 Å². The van der Waals surface area contributed by atoms with Crippen molar-refractivity contribution in [2.45, 2.75) is 25.7 Å². The van der Waals surface area contributed by atoms with E-state index in [1.807, 2.05) is 0 Å². The van der Waals surface area contributed by atoms with Crippen LogP contribution in [0.5, 0.6) is 11.5 Å². The average molecular weight is 379 g/mol. The van der Waals surface area contributed by atoms with Crippen molar-refractivity contribution >= 4 is 33.2 Å². The molecule has 1 aromatic carbocycles. The molecule has 0 radical (unpaired) electrons. The van der Waals surface area contributed by atoms with Crippen LogP contribution in [0.15, 0.2) is 23.0 Å². The Labute approximate surface area is 159 Å². The van der Waals surface area contributed by atoms with Crippen LogP contribution in [0.2, 0.25) is 0 Å². The Balaban J connectivity index is 1.81. The third kappa shape index (κ3) is 3.09. The summed E-state index contributed by atoms with van der Waals surface area (Å²) in [5.41, 5.74) is 1.75. The second kappa shape index (κ2) is 6.89. The van der Waals surface area contributed by atoms with Gasteiger partial charge in [-0.05, 0) is 55.0 Å². The van der Waals surface area contributed by atoms with Crippen LogP contribution < -0.4 is 10.3 Å². The number of hydrogen-bond acceptors (Lipinski definition) is 6. The number of phenols is 1. The molecule has 4 rings (SSSR count). The van der Waals surface area contributed by atoms with Gasteiger partial charge in [-0.2, -0.15) is 5.26 Å². The van der Waals surface area contributed by atoms with Gasteiger partial charge in [0.25, 0.3) is 5.56 Å². The predicted molar refractivity (Wildman–Crippen MR) is 105 cm³/mol. The van der Waals surface area contributed by atoms with Crippen molar-refractivity contribution in [3.05, 3.63) is 50.4 Å². The van der Waals surface area contributed by atoms with E-state index in [-0.39, 0.29) is 22.7 Å². The minimum atomic E-state index is -0.201. The lowest BCUT2D eigenvalue weighted by atomic mass is 9.97. The fourth-order valence-corrected chi connectivity index (χ4v) is 4.67. The second-order valence-corrected chi connectivity index (χ2v) is 7.49. The number of nitrogens with zero attached hydrogens (tertiary/aromatic N) is 2. The van der Waals surface area contributed by atoms with E-state index in [9.17, 15) is 15.2 Å². The highest BCUT2D eigenvalue weighted by Crippen LogP contribution is 2.34. The number of phenolic OH excluding ortho intramolecular Hbond substituents is 1. The summed E-state index contributed by atoms with van der Waals surface area (Å²) in [4.78, 5) is 21.9. The van der Waals surface area contributed by atoms with Gasteiger partial charge in [-0.15, -0.1) is 11.3 Å². The smallest absolute Gasteiger partial charge is 0.260 e. The summed E-state index contributed by atoms with van der Waals surface area (Å²) >= 11 is 1.55. The molecule has 7 heteroatoms. The zero-order valence-corrected chi connectivity index (χ0v) is 15.5. The first-order valence-electron chi connectivity index (χ1n) is 8.64. The molecule has 27 heavy (non-hydrogen) atoms. The third-order valence-electron chi connectivity index (χ3n) is 4.71. The topological polar surface area (TPSA) is 99.0 Å². The van der Waals surface area contributed by atoms with E-state index in [1.165, 1.54) is 18.1 Å². The fraction of sp³-hybridized carbons (Fsp3) is 0.250. The van der Waals surface area contributed by atoms with Crippen molar-refractivity contribution in [3.8, 4) is 17.6 Å². The van der Waals surface area contributed by atoms with E-state index < -0.39 is 0 Å². The van der Waals surface area contributed by atoms with Gasteiger partial charge in [0.05, 0.1) is 18.1 Å². The molecule has 0 amide bonds. The maximum absolute atomic E-state index is 12.7. The van der Waals surface area contributed by atoms with Crippen LogP contribution in [-0.4, -0.2) is 22.2 Å². The zero-order chi connectivity index (χ0) is 19.0. The summed E-state index contributed by atoms with van der Waals surface area (Å²) in [5.74, 6) is 0.568. The number of nitriles is 1. The van der Waals surface area contributed by atoms with Crippen LogP contribution in [0.25, 0.3) is 21.9 Å². The first-order valence-corrected chi connectivity index (χ1v) is 9.46. The quantitative estimate of drug-likeness (QED) is 0.677. The van der Waals surface area contributed by atoms with Crippen molar-refractivity contribution < 1.29 is 9.84 Å². The third-order valence-corrected chi connectivity index (χ3v) is 5.90. The number of methoxy groups -OCH3 is 1. The lowest BCUT2D eigenvalue weighted by Gasteiger charge is -2.09. The second-order valence-electron chi connectivity index (χ2n) is 6.41. The molecular weight excluding hydrogens is 362 g/mol. The Bertz CT molecular complexity index is 1170. The number of H-pyrrole nitrogens is 1. The number of aryl methyl sites for hydroxylation is 2. The number of benzene rings is 1. The summed E-state index contributed by atoms with van der Waals surface area (Å²) < 4.78 is 5.03. The number of aromatic nitrogens is 2. The van der Waals surface area contributed by atoms with Crippen LogP contribution >= 0.6 is 11.3 Å². The monoisotopic (exact) mass is 379 g/mol. The maximum atomic E-state index is 12.7. The van der Waals surface area contributed by atoms with Crippen LogP contribution in [0.4, 0.5) is 0 Å². The molecule has 136 valence electrons. The number of ether oxygens (including phenoxy) is 1. The summed E-state index contributed by atoms with van der Waals surface area (Å²) in [6, 6.07) is 6.92. The summed E-state index contributed by atoms with van der Waals surface area (Å²) in [6.07, 6.45) is 5.69. The highest BCUT2D eigenvalue weighted by molar-refractivity contribution is 7.18. The highest BCUT2D eigenvalue weighted by atomic mass is 32.1. The van der Waals surface area contributed by atoms with Crippen molar-refractivity contribution in [1.29, 1.82) is 5.26 Å². The maximum Gasteiger partial charge on any atom is 0.260 e. The van der Waals surface area contributed by atoms with Gasteiger partial charge in [-0.1, -0.05) is 6.07 Å². The van der Waals surface area contributed by atoms with Crippen molar-refractivity contribution in [1.82, 2.24) is 9.97 Å². The Morgan fingerprint density at radius 3 is 2.96 bits per heavy atom. The SMILES string of the molecule is COc1ccc(/C=C(\C#N)c2nc3sc4c(c3c(=O)[nH]2)CCCC4)cc1O. The van der Waals surface area contributed by atoms with Gasteiger partial charge >= 0.3 is 0 Å². The van der Waals surface area contributed by atoms with Crippen molar-refractivity contribution in [3.63, 3.8) is 0 Å². The normalized spacial score (nSPS) is 14.0. The number of rotatable bonds is 3. The molecule has 0 bridgehead atoms. The summed E-state index contributed by atoms with van der Waals surface area (Å²) in [5, 5.41) is 20.2. The van der Waals surface area contributed by atoms with E-state index in [0.717, 1.165) is 31.2 Å². The standard InChI is InChI=1S/C20H17N3O3S/c1-26-15-7-6-11(9-14(15)24)8-12(10-21)18-22-19(25)17-13-4-2-3-5-16(13)27-20(17)23-18/h6-9,24H,2-5H2,1H3,(H,22,23,25)/b12-8+. The molecule has 0 saturated heterocycles. The number of aromatic amines is 1. The van der Waals surface area contributed by atoms with Gasteiger partial charge in [0.15, 0.2) is 17.3 Å². The number of thiophene rings is 1. The molecule has 2 heterocycles. The molecule has 1 aliphatic carbocycles. The van der Waals surface area contributed by atoms with E-state index in [1.54, 1.807) is 29.5 Å². The van der Waals surface area contributed by atoms with E-state index in [4.69, 9.17) is 4.74 Å². The predicted octanol–water partition coefficient (Wildman–Crippen LogP) is 3.64. The molecule has 0 aliphatic heterocycles. The molecule has 1 aliphatic rings. The molecular formula is C20H17N3O3S. The Morgan fingerprint density at radius 1 is 1.41 bits per heavy atom. The largest absolute Gasteiger partial charge is 0.504 e. The number of allylic oxidation sites excluding steroid dienone is 1. The van der Waals surface area contributed by atoms with Crippen LogP contribution in [-0.2, 0) is 12.8 Å². The number of fused-ring (bicyclic) bond motifs is 3. The Kier molecular flexibility index (Phi) is 4.42. The van der Waals surface area contributed by atoms with Gasteiger partial charge < -0.3 is 14.8 Å². The van der Waals surface area contributed by atoms with Crippen LogP contribution in [0.3, 0.4) is 0 Å². The van der Waals surface area contributed by atoms with Gasteiger partial charge in [0, 0.05) is 4.88 Å². The molecule has 0 unspecified atom stereocenters. The van der Waals surface area contributed by atoms with E-state index in [2.05, 4.69) is 16.0 Å². The molecule has 0 fully saturated rings. The van der Waals surface area contributed by atoms with Gasteiger partial charge in [0.2, 0.25) is 0 Å². The molecule has 3 aromatic rings. The molecule has 6 nitrogen and oxygen atoms in total. The first-order chi connectivity index (χ1) is 13.1. The molecule has 2 aromatic heterocycles. The average Bonchev–Trinajstić information content (AvgIpc) is 3.05. The summed E-state index contributed by atoms with van der Waals surface area (Å²) in [6.45, 7) is 0. The minimum absolute atomic E-state index is 0.0219. The summed E-state index contributed by atoms with van der Waals surface area (Å²) in [7, 11) is 1.47. The lowest BCUT2D eigenvalue weighted by Crippen LogP contribution is -2.12. The first kappa shape index (κ1) is 17.3. The zero-order valence-electron chi connectivity index (χ0n) is 14.7. The van der Waals surface area contributed by atoms with Gasteiger partial charge in [-0.25, -0.2) is 4.98 Å². The van der Waals surface area contributed by atoms with Crippen LogP contribution in [0, 0.1) is 11.3 Å². The van der Waals surface area contributed by atoms with Gasteiger partial charge in [-0.3, -0.25) is 4.79 Å².